The highest BCUT2D eigenvalue weighted by atomic mass is 32.2. The highest BCUT2D eigenvalue weighted by Crippen LogP contribution is 2.41. The topological polar surface area (TPSA) is 37.8 Å². The van der Waals surface area contributed by atoms with Crippen molar-refractivity contribution in [1.82, 2.24) is 9.97 Å². The average molecular weight is 312 g/mol. The first-order valence-electron chi connectivity index (χ1n) is 7.45. The number of hydrogen-bond acceptors (Lipinski definition) is 5. The van der Waals surface area contributed by atoms with Crippen molar-refractivity contribution in [3.05, 3.63) is 17.6 Å². The normalized spacial score (nSPS) is 23.1. The largest absolute Gasteiger partial charge is 0.370 e. The number of thioether (sulfide) groups is 2. The van der Waals surface area contributed by atoms with E-state index in [1.165, 1.54) is 17.2 Å². The van der Waals surface area contributed by atoms with Gasteiger partial charge in [0.05, 0.1) is 5.25 Å². The smallest absolute Gasteiger partial charge is 0.145 e. The van der Waals surface area contributed by atoms with E-state index in [9.17, 15) is 0 Å². The van der Waals surface area contributed by atoms with E-state index >= 15 is 0 Å². The molecule has 0 saturated carbocycles. The Balaban J connectivity index is 2.27. The van der Waals surface area contributed by atoms with E-state index in [2.05, 4.69) is 39.1 Å². The van der Waals surface area contributed by atoms with Crippen molar-refractivity contribution in [1.29, 1.82) is 0 Å². The maximum absolute atomic E-state index is 4.84. The van der Waals surface area contributed by atoms with Gasteiger partial charge in [-0.15, -0.1) is 11.8 Å². The van der Waals surface area contributed by atoms with Crippen molar-refractivity contribution in [2.75, 3.05) is 23.4 Å². The van der Waals surface area contributed by atoms with Crippen LogP contribution in [0.25, 0.3) is 0 Å². The van der Waals surface area contributed by atoms with Crippen molar-refractivity contribution in [3.63, 3.8) is 0 Å². The lowest BCUT2D eigenvalue weighted by atomic mass is 10.1. The van der Waals surface area contributed by atoms with Gasteiger partial charge in [-0.2, -0.15) is 11.8 Å². The molecule has 0 bridgehead atoms. The maximum Gasteiger partial charge on any atom is 0.145 e. The van der Waals surface area contributed by atoms with Crippen molar-refractivity contribution in [3.8, 4) is 0 Å². The second-order valence-electron chi connectivity index (χ2n) is 5.60. The SMILES string of the molecule is CCNc1cc(CC(C)C)nc(C2SCCSC2C)n1. The van der Waals surface area contributed by atoms with Gasteiger partial charge < -0.3 is 5.32 Å². The van der Waals surface area contributed by atoms with Crippen LogP contribution in [0.1, 0.15) is 44.5 Å². The Labute approximate surface area is 131 Å². The van der Waals surface area contributed by atoms with Crippen molar-refractivity contribution in [2.24, 2.45) is 5.92 Å². The molecule has 2 atom stereocenters. The molecular formula is C15H25N3S2. The van der Waals surface area contributed by atoms with E-state index in [1.807, 2.05) is 23.5 Å². The molecule has 2 rings (SSSR count). The summed E-state index contributed by atoms with van der Waals surface area (Å²) < 4.78 is 0. The van der Waals surface area contributed by atoms with Gasteiger partial charge in [0.15, 0.2) is 0 Å². The number of rotatable bonds is 5. The molecule has 0 radical (unpaired) electrons. The van der Waals surface area contributed by atoms with Gasteiger partial charge in [-0.3, -0.25) is 0 Å². The van der Waals surface area contributed by atoms with Crippen LogP contribution in [0, 0.1) is 5.92 Å². The Hall–Kier alpha value is -0.420. The molecule has 2 unspecified atom stereocenters. The summed E-state index contributed by atoms with van der Waals surface area (Å²) in [4.78, 5) is 9.59. The Morgan fingerprint density at radius 3 is 2.70 bits per heavy atom. The van der Waals surface area contributed by atoms with Crippen molar-refractivity contribution in [2.45, 2.75) is 44.6 Å². The number of hydrogen-bond donors (Lipinski definition) is 1. The molecule has 1 aromatic heterocycles. The summed E-state index contributed by atoms with van der Waals surface area (Å²) in [5, 5.41) is 4.37. The molecule has 0 amide bonds. The summed E-state index contributed by atoms with van der Waals surface area (Å²) in [5.74, 6) is 5.07. The highest BCUT2D eigenvalue weighted by molar-refractivity contribution is 8.06. The molecule has 1 aliphatic heterocycles. The first-order valence-corrected chi connectivity index (χ1v) is 9.54. The average Bonchev–Trinajstić information content (AvgIpc) is 2.38. The zero-order valence-corrected chi connectivity index (χ0v) is 14.5. The zero-order valence-electron chi connectivity index (χ0n) is 12.8. The van der Waals surface area contributed by atoms with Gasteiger partial charge in [-0.1, -0.05) is 20.8 Å². The molecule has 3 nitrogen and oxygen atoms in total. The third-order valence-corrected chi connectivity index (χ3v) is 6.30. The van der Waals surface area contributed by atoms with Crippen LogP contribution in [0.4, 0.5) is 5.82 Å². The summed E-state index contributed by atoms with van der Waals surface area (Å²) in [7, 11) is 0. The Morgan fingerprint density at radius 2 is 2.05 bits per heavy atom. The first kappa shape index (κ1) is 16.0. The van der Waals surface area contributed by atoms with E-state index in [4.69, 9.17) is 9.97 Å². The molecule has 5 heteroatoms. The van der Waals surface area contributed by atoms with Crippen LogP contribution in [0.5, 0.6) is 0 Å². The predicted molar refractivity (Wildman–Crippen MR) is 91.9 cm³/mol. The first-order chi connectivity index (χ1) is 9.60. The van der Waals surface area contributed by atoms with E-state index in [1.54, 1.807) is 0 Å². The standard InChI is InChI=1S/C15H25N3S2/c1-5-16-13-9-12(8-10(2)3)17-15(18-13)14-11(4)19-6-7-20-14/h9-11,14H,5-8H2,1-4H3,(H,16,17,18). The second kappa shape index (κ2) is 7.55. The number of nitrogens with one attached hydrogen (secondary N) is 1. The molecule has 0 spiro atoms. The van der Waals surface area contributed by atoms with Crippen LogP contribution in [-0.4, -0.2) is 33.3 Å². The maximum atomic E-state index is 4.84. The third kappa shape index (κ3) is 4.29. The summed E-state index contributed by atoms with van der Waals surface area (Å²) in [6.45, 7) is 9.79. The number of nitrogens with zero attached hydrogens (tertiary/aromatic N) is 2. The Bertz CT molecular complexity index is 437. The molecule has 20 heavy (non-hydrogen) atoms. The molecular weight excluding hydrogens is 286 g/mol. The van der Waals surface area contributed by atoms with Crippen molar-refractivity contribution >= 4 is 29.3 Å². The van der Waals surface area contributed by atoms with Gasteiger partial charge in [0.25, 0.3) is 0 Å². The molecule has 2 heterocycles. The van der Waals surface area contributed by atoms with Crippen LogP contribution < -0.4 is 5.32 Å². The number of anilines is 1. The van der Waals surface area contributed by atoms with E-state index in [0.717, 1.165) is 24.6 Å². The summed E-state index contributed by atoms with van der Waals surface area (Å²) in [6, 6.07) is 2.11. The number of aromatic nitrogens is 2. The van der Waals surface area contributed by atoms with Crippen molar-refractivity contribution < 1.29 is 0 Å². The molecule has 112 valence electrons. The lowest BCUT2D eigenvalue weighted by Gasteiger charge is -2.27. The Kier molecular flexibility index (Phi) is 6.02. The zero-order chi connectivity index (χ0) is 14.5. The van der Waals surface area contributed by atoms with Gasteiger partial charge in [-0.25, -0.2) is 9.97 Å². The summed E-state index contributed by atoms with van der Waals surface area (Å²) in [6.07, 6.45) is 1.02. The van der Waals surface area contributed by atoms with Gasteiger partial charge >= 0.3 is 0 Å². The van der Waals surface area contributed by atoms with Gasteiger partial charge in [0.1, 0.15) is 11.6 Å². The Morgan fingerprint density at radius 1 is 1.30 bits per heavy atom. The molecule has 1 aliphatic rings. The van der Waals surface area contributed by atoms with Crippen LogP contribution >= 0.6 is 23.5 Å². The third-order valence-electron chi connectivity index (χ3n) is 3.21. The second-order valence-corrected chi connectivity index (χ2v) is 8.33. The molecule has 1 N–H and O–H groups in total. The minimum atomic E-state index is 0.429. The predicted octanol–water partition coefficient (Wildman–Crippen LogP) is 4.02. The van der Waals surface area contributed by atoms with Gasteiger partial charge in [0, 0.05) is 35.1 Å². The van der Waals surface area contributed by atoms with Crippen LogP contribution in [-0.2, 0) is 6.42 Å². The molecule has 1 aromatic rings. The van der Waals surface area contributed by atoms with Crippen LogP contribution in [0.3, 0.4) is 0 Å². The molecule has 0 aromatic carbocycles. The van der Waals surface area contributed by atoms with Crippen LogP contribution in [0.15, 0.2) is 6.07 Å². The fourth-order valence-electron chi connectivity index (χ4n) is 2.36. The summed E-state index contributed by atoms with van der Waals surface area (Å²) in [5.41, 5.74) is 1.17. The van der Waals surface area contributed by atoms with Crippen LogP contribution in [0.2, 0.25) is 0 Å². The quantitative estimate of drug-likeness (QED) is 0.889. The minimum absolute atomic E-state index is 0.429. The molecule has 1 saturated heterocycles. The lowest BCUT2D eigenvalue weighted by Crippen LogP contribution is -2.19. The van der Waals surface area contributed by atoms with Gasteiger partial charge in [-0.05, 0) is 19.3 Å². The fourth-order valence-corrected chi connectivity index (χ4v) is 5.05. The highest BCUT2D eigenvalue weighted by Gasteiger charge is 2.27. The fraction of sp³-hybridized carbons (Fsp3) is 0.733. The molecule has 1 fully saturated rings. The van der Waals surface area contributed by atoms with Gasteiger partial charge in [0.2, 0.25) is 0 Å². The minimum Gasteiger partial charge on any atom is -0.370 e. The molecule has 0 aliphatic carbocycles. The van der Waals surface area contributed by atoms with E-state index < -0.39 is 0 Å². The lowest BCUT2D eigenvalue weighted by molar-refractivity contribution is 0.629. The monoisotopic (exact) mass is 311 g/mol. The van der Waals surface area contributed by atoms with E-state index in [0.29, 0.717) is 16.4 Å². The van der Waals surface area contributed by atoms with E-state index in [-0.39, 0.29) is 0 Å². The summed E-state index contributed by atoms with van der Waals surface area (Å²) >= 11 is 4.04.